The van der Waals surface area contributed by atoms with Crippen LogP contribution in [0.3, 0.4) is 0 Å². The largest absolute Gasteiger partial charge is 0.493 e. The van der Waals surface area contributed by atoms with Crippen LogP contribution in [0.2, 0.25) is 0 Å². The molecule has 6 heteroatoms. The number of carbonyl (C=O) groups excluding carboxylic acids is 2. The molecule has 0 heterocycles. The molecule has 0 N–H and O–H groups in total. The van der Waals surface area contributed by atoms with E-state index in [9.17, 15) is 9.59 Å². The highest BCUT2D eigenvalue weighted by Gasteiger charge is 2.21. The molecule has 1 aromatic rings. The lowest BCUT2D eigenvalue weighted by atomic mass is 10.0. The monoisotopic (exact) mass is 757 g/mol. The molecule has 0 aromatic heterocycles. The van der Waals surface area contributed by atoms with E-state index in [0.717, 1.165) is 25.0 Å². The summed E-state index contributed by atoms with van der Waals surface area (Å²) in [5.74, 6) is -0.164. The molecular formula is C48H84O6. The van der Waals surface area contributed by atoms with Gasteiger partial charge in [0.2, 0.25) is 0 Å². The third-order valence-corrected chi connectivity index (χ3v) is 10.6. The van der Waals surface area contributed by atoms with Crippen molar-refractivity contribution in [1.29, 1.82) is 0 Å². The first-order valence-corrected chi connectivity index (χ1v) is 22.8. The van der Waals surface area contributed by atoms with E-state index >= 15 is 0 Å². The second-order valence-corrected chi connectivity index (χ2v) is 15.5. The Labute approximate surface area is 333 Å². The fourth-order valence-electron chi connectivity index (χ4n) is 7.10. The number of carbonyl (C=O) groups is 2. The van der Waals surface area contributed by atoms with Crippen molar-refractivity contribution in [1.82, 2.24) is 0 Å². The van der Waals surface area contributed by atoms with Gasteiger partial charge in [-0.3, -0.25) is 0 Å². The molecule has 0 radical (unpaired) electrons. The Morgan fingerprint density at radius 2 is 0.759 bits per heavy atom. The summed E-state index contributed by atoms with van der Waals surface area (Å²) in [7, 11) is 2.51. The number of esters is 2. The van der Waals surface area contributed by atoms with Crippen molar-refractivity contribution in [2.45, 2.75) is 219 Å². The second-order valence-electron chi connectivity index (χ2n) is 15.5. The maximum absolute atomic E-state index is 12.3. The van der Waals surface area contributed by atoms with Crippen LogP contribution in [0, 0.1) is 0 Å². The van der Waals surface area contributed by atoms with Crippen LogP contribution in [0.1, 0.15) is 225 Å². The molecule has 6 nitrogen and oxygen atoms in total. The molecule has 0 amide bonds. The van der Waals surface area contributed by atoms with Gasteiger partial charge in [-0.25, -0.2) is 9.59 Å². The number of rotatable bonds is 39. The number of methoxy groups -OCH3 is 2. The van der Waals surface area contributed by atoms with Crippen molar-refractivity contribution >= 4 is 18.0 Å². The molecule has 0 aliphatic heterocycles. The van der Waals surface area contributed by atoms with Gasteiger partial charge in [0.05, 0.1) is 27.4 Å². The third kappa shape index (κ3) is 28.0. The maximum atomic E-state index is 12.3. The van der Waals surface area contributed by atoms with Crippen LogP contribution in [-0.4, -0.2) is 39.4 Å². The van der Waals surface area contributed by atoms with Crippen LogP contribution in [0.25, 0.3) is 6.08 Å². The van der Waals surface area contributed by atoms with Crippen LogP contribution in [0.5, 0.6) is 11.5 Å². The van der Waals surface area contributed by atoms with Crippen molar-refractivity contribution < 1.29 is 28.5 Å². The highest BCUT2D eigenvalue weighted by Crippen LogP contribution is 2.28. The van der Waals surface area contributed by atoms with Crippen molar-refractivity contribution in [3.05, 3.63) is 29.3 Å². The fraction of sp³-hybridized carbons (Fsp3) is 0.792. The smallest absolute Gasteiger partial charge is 0.345 e. The molecule has 0 atom stereocenters. The average Bonchev–Trinajstić information content (AvgIpc) is 3.19. The van der Waals surface area contributed by atoms with Gasteiger partial charge in [0.1, 0.15) is 17.1 Å². The van der Waals surface area contributed by atoms with Crippen LogP contribution in [-0.2, 0) is 19.1 Å². The van der Waals surface area contributed by atoms with Gasteiger partial charge >= 0.3 is 11.9 Å². The van der Waals surface area contributed by atoms with Crippen molar-refractivity contribution in [3.63, 3.8) is 0 Å². The van der Waals surface area contributed by atoms with E-state index in [4.69, 9.17) is 18.9 Å². The van der Waals surface area contributed by atoms with Gasteiger partial charge in [-0.05, 0) is 31.1 Å². The number of hydrogen-bond donors (Lipinski definition) is 0. The van der Waals surface area contributed by atoms with Gasteiger partial charge in [-0.1, -0.05) is 206 Å². The van der Waals surface area contributed by atoms with Gasteiger partial charge in [-0.2, -0.15) is 0 Å². The summed E-state index contributed by atoms with van der Waals surface area (Å²) < 4.78 is 22.0. The lowest BCUT2D eigenvalue weighted by Crippen LogP contribution is -2.15. The Balaban J connectivity index is 2.36. The summed E-state index contributed by atoms with van der Waals surface area (Å²) in [4.78, 5) is 24.7. The van der Waals surface area contributed by atoms with E-state index in [0.29, 0.717) is 24.5 Å². The first kappa shape index (κ1) is 49.5. The van der Waals surface area contributed by atoms with Gasteiger partial charge in [0, 0.05) is 11.6 Å². The first-order valence-electron chi connectivity index (χ1n) is 22.8. The predicted molar refractivity (Wildman–Crippen MR) is 229 cm³/mol. The highest BCUT2D eigenvalue weighted by atomic mass is 16.5. The molecule has 0 saturated heterocycles. The molecule has 54 heavy (non-hydrogen) atoms. The quantitative estimate of drug-likeness (QED) is 0.0219. The highest BCUT2D eigenvalue weighted by molar-refractivity contribution is 6.17. The Bertz CT molecular complexity index is 1030. The zero-order chi connectivity index (χ0) is 39.2. The molecule has 0 spiro atoms. The van der Waals surface area contributed by atoms with Gasteiger partial charge < -0.3 is 18.9 Å². The Morgan fingerprint density at radius 3 is 1.09 bits per heavy atom. The maximum Gasteiger partial charge on any atom is 0.345 e. The van der Waals surface area contributed by atoms with E-state index in [1.54, 1.807) is 0 Å². The summed E-state index contributed by atoms with van der Waals surface area (Å²) in [6.07, 6.45) is 44.1. The zero-order valence-electron chi connectivity index (χ0n) is 35.8. The molecule has 0 aliphatic carbocycles. The van der Waals surface area contributed by atoms with Crippen LogP contribution < -0.4 is 9.47 Å². The summed E-state index contributed by atoms with van der Waals surface area (Å²) in [6.45, 7) is 5.78. The summed E-state index contributed by atoms with van der Waals surface area (Å²) >= 11 is 0. The Kier molecular flexibility index (Phi) is 34.3. The molecular weight excluding hydrogens is 673 g/mol. The minimum atomic E-state index is -0.741. The third-order valence-electron chi connectivity index (χ3n) is 10.6. The Morgan fingerprint density at radius 1 is 0.444 bits per heavy atom. The summed E-state index contributed by atoms with van der Waals surface area (Å²) in [5, 5.41) is 0. The number of hydrogen-bond acceptors (Lipinski definition) is 6. The van der Waals surface area contributed by atoms with E-state index in [2.05, 4.69) is 13.8 Å². The lowest BCUT2D eigenvalue weighted by Gasteiger charge is -2.13. The predicted octanol–water partition coefficient (Wildman–Crippen LogP) is 14.7. The van der Waals surface area contributed by atoms with E-state index in [1.165, 1.54) is 206 Å². The topological polar surface area (TPSA) is 71.1 Å². The normalized spacial score (nSPS) is 11.0. The van der Waals surface area contributed by atoms with E-state index in [-0.39, 0.29) is 5.57 Å². The van der Waals surface area contributed by atoms with E-state index < -0.39 is 11.9 Å². The molecule has 0 unspecified atom stereocenters. The minimum Gasteiger partial charge on any atom is -0.493 e. The van der Waals surface area contributed by atoms with Crippen molar-refractivity contribution in [2.75, 3.05) is 27.4 Å². The van der Waals surface area contributed by atoms with Crippen LogP contribution in [0.15, 0.2) is 23.8 Å². The molecule has 0 fully saturated rings. The minimum absolute atomic E-state index is 0.172. The molecule has 312 valence electrons. The zero-order valence-corrected chi connectivity index (χ0v) is 35.8. The molecule has 0 saturated carbocycles. The van der Waals surface area contributed by atoms with Gasteiger partial charge in [-0.15, -0.1) is 0 Å². The molecule has 0 aliphatic rings. The molecule has 1 aromatic carbocycles. The van der Waals surface area contributed by atoms with E-state index in [1.807, 2.05) is 18.2 Å². The second kappa shape index (κ2) is 37.4. The number of benzene rings is 1. The molecule has 0 bridgehead atoms. The van der Waals surface area contributed by atoms with Crippen LogP contribution in [0.4, 0.5) is 0 Å². The number of unbranched alkanes of at least 4 members (excludes halogenated alkanes) is 30. The SMILES string of the molecule is CCCCCCCCCCCCCCCCCCOc1ccc(C=C(C(=O)OC)C(=O)OC)c(OCCCCCCCCCCCCCCCCCC)c1. The summed E-state index contributed by atoms with van der Waals surface area (Å²) in [6, 6.07) is 5.57. The average molecular weight is 757 g/mol. The first-order chi connectivity index (χ1) is 26.6. The van der Waals surface area contributed by atoms with Crippen molar-refractivity contribution in [2.24, 2.45) is 0 Å². The standard InChI is InChI=1S/C48H84O6/c1-5-7-9-11-13-15-17-19-21-23-25-27-29-31-33-35-39-53-44-38-37-43(41-45(47(49)51-3)48(50)52-4)46(42-44)54-40-36-34-32-30-28-26-24-22-20-18-16-14-12-10-8-6-2/h37-38,41-42H,5-36,39-40H2,1-4H3. The van der Waals surface area contributed by atoms with Crippen LogP contribution >= 0.6 is 0 Å². The van der Waals surface area contributed by atoms with Crippen molar-refractivity contribution in [3.8, 4) is 11.5 Å². The van der Waals surface area contributed by atoms with Gasteiger partial charge in [0.15, 0.2) is 0 Å². The number of ether oxygens (including phenoxy) is 4. The lowest BCUT2D eigenvalue weighted by molar-refractivity contribution is -0.143. The summed E-state index contributed by atoms with van der Waals surface area (Å²) in [5.41, 5.74) is 0.446. The fourth-order valence-corrected chi connectivity index (χ4v) is 7.10. The Hall–Kier alpha value is -2.50. The molecule has 1 rings (SSSR count). The van der Waals surface area contributed by atoms with Gasteiger partial charge in [0.25, 0.3) is 0 Å².